The number of carbonyl (C=O) groups is 5. The fraction of sp³-hybridized carbons (Fsp3) is 0.568. The van der Waals surface area contributed by atoms with E-state index in [1.54, 1.807) is 38.1 Å². The van der Waals surface area contributed by atoms with Gasteiger partial charge in [0.2, 0.25) is 29.5 Å². The molecule has 3 aromatic rings. The van der Waals surface area contributed by atoms with Gasteiger partial charge in [-0.1, -0.05) is 44.2 Å². The van der Waals surface area contributed by atoms with Gasteiger partial charge in [-0.05, 0) is 48.2 Å². The van der Waals surface area contributed by atoms with E-state index in [1.807, 2.05) is 25.2 Å². The van der Waals surface area contributed by atoms with Crippen LogP contribution in [0.25, 0.3) is 10.9 Å². The number of amides is 5. The lowest BCUT2D eigenvalue weighted by atomic mass is 10.0. The molecule has 63 heavy (non-hydrogen) atoms. The Morgan fingerprint density at radius 3 is 1.79 bits per heavy atom. The number of para-hydroxylation sites is 1. The lowest BCUT2D eigenvalue weighted by Gasteiger charge is -2.21. The first-order valence-corrected chi connectivity index (χ1v) is 21.4. The molecule has 1 atom stereocenters. The molecule has 0 aliphatic heterocycles. The second-order valence-electron chi connectivity index (χ2n) is 14.6. The number of carbonyl (C=O) groups excluding carboxylic acids is 5. The monoisotopic (exact) mass is 885 g/mol. The minimum atomic E-state index is -0.816. The normalized spacial score (nSPS) is 11.7. The third kappa shape index (κ3) is 22.3. The van der Waals surface area contributed by atoms with Crippen molar-refractivity contribution in [1.82, 2.24) is 31.2 Å². The molecule has 0 aliphatic rings. The first kappa shape index (κ1) is 52.4. The topological polar surface area (TPSA) is 238 Å². The Kier molecular flexibility index (Phi) is 26.4. The molecule has 0 bridgehead atoms. The maximum absolute atomic E-state index is 12.7. The predicted molar refractivity (Wildman–Crippen MR) is 236 cm³/mol. The SMILES string of the molecule is CNCc1cc2ccccc2n1CCC(=O)NCC(=O)NCCOCCOCCOCCOCCOCCOCCC(=O)NC(C(=O)NCC(=O)Nc1ccc(CO)cc1)C(C)C. The van der Waals surface area contributed by atoms with E-state index in [2.05, 4.69) is 48.6 Å². The molecule has 350 valence electrons. The number of benzene rings is 2. The summed E-state index contributed by atoms with van der Waals surface area (Å²) in [5, 5.41) is 26.8. The van der Waals surface area contributed by atoms with E-state index in [9.17, 15) is 24.0 Å². The van der Waals surface area contributed by atoms with Crippen molar-refractivity contribution >= 4 is 46.1 Å². The molecule has 7 N–H and O–H groups in total. The number of aliphatic hydroxyl groups is 1. The lowest BCUT2D eigenvalue weighted by Crippen LogP contribution is -2.51. The first-order valence-electron chi connectivity index (χ1n) is 21.4. The van der Waals surface area contributed by atoms with Crippen molar-refractivity contribution in [3.63, 3.8) is 0 Å². The minimum Gasteiger partial charge on any atom is -0.392 e. The number of ether oxygens (including phenoxy) is 6. The maximum Gasteiger partial charge on any atom is 0.243 e. The summed E-state index contributed by atoms with van der Waals surface area (Å²) in [4.78, 5) is 61.9. The highest BCUT2D eigenvalue weighted by Crippen LogP contribution is 2.20. The molecule has 5 amide bonds. The summed E-state index contributed by atoms with van der Waals surface area (Å²) in [5.41, 5.74) is 3.42. The van der Waals surface area contributed by atoms with Crippen molar-refractivity contribution in [3.05, 3.63) is 65.9 Å². The summed E-state index contributed by atoms with van der Waals surface area (Å²) in [6.07, 6.45) is 0.319. The first-order chi connectivity index (χ1) is 30.6. The molecule has 2 aromatic carbocycles. The highest BCUT2D eigenvalue weighted by molar-refractivity contribution is 5.96. The van der Waals surface area contributed by atoms with Crippen LogP contribution in [0.15, 0.2) is 54.6 Å². The van der Waals surface area contributed by atoms with Crippen molar-refractivity contribution < 1.29 is 57.5 Å². The molecule has 0 aliphatic carbocycles. The number of fused-ring (bicyclic) bond motifs is 1. The van der Waals surface area contributed by atoms with Crippen LogP contribution < -0.4 is 31.9 Å². The number of aliphatic hydroxyl groups excluding tert-OH is 1. The van der Waals surface area contributed by atoms with Gasteiger partial charge in [-0.2, -0.15) is 0 Å². The Bertz CT molecular complexity index is 1790. The summed E-state index contributed by atoms with van der Waals surface area (Å²) in [5.74, 6) is -1.92. The van der Waals surface area contributed by atoms with Crippen LogP contribution in [0.2, 0.25) is 0 Å². The lowest BCUT2D eigenvalue weighted by molar-refractivity contribution is -0.131. The van der Waals surface area contributed by atoms with Crippen LogP contribution in [0, 0.1) is 5.92 Å². The van der Waals surface area contributed by atoms with Crippen LogP contribution in [-0.2, 0) is 72.1 Å². The summed E-state index contributed by atoms with van der Waals surface area (Å²) in [6, 6.07) is 16.0. The van der Waals surface area contributed by atoms with E-state index < -0.39 is 17.9 Å². The Morgan fingerprint density at radius 1 is 0.635 bits per heavy atom. The van der Waals surface area contributed by atoms with Crippen LogP contribution in [0.1, 0.15) is 37.9 Å². The number of rotatable bonds is 35. The van der Waals surface area contributed by atoms with Crippen LogP contribution in [-0.4, -0.2) is 151 Å². The Hall–Kier alpha value is -4.99. The molecular formula is C44H67N7O12. The molecule has 0 radical (unpaired) electrons. The fourth-order valence-electron chi connectivity index (χ4n) is 5.99. The van der Waals surface area contributed by atoms with Crippen molar-refractivity contribution in [2.24, 2.45) is 5.92 Å². The molecular weight excluding hydrogens is 819 g/mol. The average molecular weight is 886 g/mol. The number of hydrogen-bond donors (Lipinski definition) is 7. The number of anilines is 1. The van der Waals surface area contributed by atoms with Crippen LogP contribution in [0.3, 0.4) is 0 Å². The second-order valence-corrected chi connectivity index (χ2v) is 14.6. The molecule has 1 unspecified atom stereocenters. The number of aryl methyl sites for hydroxylation is 1. The van der Waals surface area contributed by atoms with Gasteiger partial charge in [-0.15, -0.1) is 0 Å². The smallest absolute Gasteiger partial charge is 0.243 e. The Balaban J connectivity index is 1.04. The number of nitrogens with one attached hydrogen (secondary N) is 6. The van der Waals surface area contributed by atoms with E-state index in [0.29, 0.717) is 97.0 Å². The van der Waals surface area contributed by atoms with Gasteiger partial charge in [0.15, 0.2) is 0 Å². The van der Waals surface area contributed by atoms with Crippen molar-refractivity contribution in [2.45, 2.75) is 52.4 Å². The third-order valence-corrected chi connectivity index (χ3v) is 9.27. The summed E-state index contributed by atoms with van der Waals surface area (Å²) >= 11 is 0. The molecule has 3 rings (SSSR count). The molecule has 0 saturated carbocycles. The minimum absolute atomic E-state index is 0.0575. The zero-order valence-corrected chi connectivity index (χ0v) is 36.9. The van der Waals surface area contributed by atoms with Crippen LogP contribution in [0.4, 0.5) is 5.69 Å². The van der Waals surface area contributed by atoms with Gasteiger partial charge in [-0.25, -0.2) is 0 Å². The van der Waals surface area contributed by atoms with Crippen molar-refractivity contribution in [2.75, 3.05) is 111 Å². The largest absolute Gasteiger partial charge is 0.392 e. The van der Waals surface area contributed by atoms with E-state index in [0.717, 1.165) is 16.6 Å². The zero-order valence-electron chi connectivity index (χ0n) is 36.9. The van der Waals surface area contributed by atoms with Crippen molar-refractivity contribution in [3.8, 4) is 0 Å². The number of aromatic nitrogens is 1. The number of nitrogens with zero attached hydrogens (tertiary/aromatic N) is 1. The fourth-order valence-corrected chi connectivity index (χ4v) is 5.99. The highest BCUT2D eigenvalue weighted by Gasteiger charge is 2.24. The second kappa shape index (κ2) is 31.8. The molecule has 19 nitrogen and oxygen atoms in total. The van der Waals surface area contributed by atoms with Gasteiger partial charge in [0.05, 0.1) is 99.0 Å². The van der Waals surface area contributed by atoms with Gasteiger partial charge in [0.1, 0.15) is 6.04 Å². The molecule has 0 fully saturated rings. The Labute approximate surface area is 369 Å². The van der Waals surface area contributed by atoms with Gasteiger partial charge >= 0.3 is 0 Å². The summed E-state index contributed by atoms with van der Waals surface area (Å²) in [7, 11) is 1.89. The molecule has 1 heterocycles. The third-order valence-electron chi connectivity index (χ3n) is 9.27. The standard InChI is InChI=1S/C44H67N7O12/c1-33(2)43(44(57)48-31-42(56)49-36-10-8-34(32-52)9-11-36)50-40(54)13-16-58-18-20-60-22-24-62-26-27-63-25-23-61-21-19-59-17-14-46-41(55)30-47-39(53)12-15-51-37(29-45-3)28-35-6-4-5-7-38(35)51/h4-11,28,33,43,45,52H,12-27,29-32H2,1-3H3,(H,46,55)(H,47,53)(H,48,57)(H,49,56)(H,50,54). The van der Waals surface area contributed by atoms with Crippen molar-refractivity contribution in [1.29, 1.82) is 0 Å². The van der Waals surface area contributed by atoms with E-state index in [-0.39, 0.29) is 69.4 Å². The number of hydrogen-bond acceptors (Lipinski definition) is 13. The zero-order chi connectivity index (χ0) is 45.5. The molecule has 19 heteroatoms. The van der Waals surface area contributed by atoms with Gasteiger partial charge in [0, 0.05) is 49.4 Å². The predicted octanol–water partition coefficient (Wildman–Crippen LogP) is 0.861. The van der Waals surface area contributed by atoms with E-state index in [1.165, 1.54) is 0 Å². The van der Waals surface area contributed by atoms with Gasteiger partial charge in [0.25, 0.3) is 0 Å². The molecule has 0 spiro atoms. The van der Waals surface area contributed by atoms with Gasteiger partial charge < -0.3 is 70.0 Å². The quantitative estimate of drug-likeness (QED) is 0.0407. The van der Waals surface area contributed by atoms with Crippen LogP contribution >= 0.6 is 0 Å². The van der Waals surface area contributed by atoms with Gasteiger partial charge in [-0.3, -0.25) is 24.0 Å². The summed E-state index contributed by atoms with van der Waals surface area (Å²) < 4.78 is 35.0. The molecule has 1 aromatic heterocycles. The highest BCUT2D eigenvalue weighted by atomic mass is 16.6. The summed E-state index contributed by atoms with van der Waals surface area (Å²) in [6.45, 7) is 8.89. The van der Waals surface area contributed by atoms with E-state index in [4.69, 9.17) is 33.5 Å². The average Bonchev–Trinajstić information content (AvgIpc) is 3.63. The van der Waals surface area contributed by atoms with Crippen LogP contribution in [0.5, 0.6) is 0 Å². The van der Waals surface area contributed by atoms with E-state index >= 15 is 0 Å². The Morgan fingerprint density at radius 2 is 1.21 bits per heavy atom. The maximum atomic E-state index is 12.7. The molecule has 0 saturated heterocycles.